The van der Waals surface area contributed by atoms with Gasteiger partial charge in [-0.1, -0.05) is 18.2 Å². The van der Waals surface area contributed by atoms with Gasteiger partial charge in [0.25, 0.3) is 0 Å². The first kappa shape index (κ1) is 19.2. The van der Waals surface area contributed by atoms with Crippen molar-refractivity contribution in [3.63, 3.8) is 0 Å². The maximum atomic E-state index is 13.1. The van der Waals surface area contributed by atoms with Crippen molar-refractivity contribution in [2.24, 2.45) is 4.99 Å². The van der Waals surface area contributed by atoms with Gasteiger partial charge in [0, 0.05) is 27.2 Å². The number of likely N-dealkylation sites (N-methyl/N-ethyl adjacent to an activating group) is 1. The summed E-state index contributed by atoms with van der Waals surface area (Å²) in [6.45, 7) is 5.38. The topological polar surface area (TPSA) is 30.9 Å². The SMILES string of the molecule is C=CCCCN(C)C(=NC)NCC(c1ccc(F)cc1)N(C)C. The molecule has 0 bridgehead atoms. The van der Waals surface area contributed by atoms with Crippen LogP contribution in [-0.4, -0.2) is 57.0 Å². The van der Waals surface area contributed by atoms with Crippen LogP contribution >= 0.6 is 0 Å². The van der Waals surface area contributed by atoms with E-state index in [0.29, 0.717) is 6.54 Å². The fourth-order valence-corrected chi connectivity index (χ4v) is 2.43. The number of halogens is 1. The van der Waals surface area contributed by atoms with Gasteiger partial charge in [-0.05, 0) is 44.6 Å². The van der Waals surface area contributed by atoms with E-state index < -0.39 is 0 Å². The Bertz CT molecular complexity index is 496. The Kier molecular flexibility index (Phi) is 8.33. The van der Waals surface area contributed by atoms with Gasteiger partial charge in [-0.15, -0.1) is 6.58 Å². The molecule has 23 heavy (non-hydrogen) atoms. The van der Waals surface area contributed by atoms with Crippen molar-refractivity contribution in [1.29, 1.82) is 0 Å². The van der Waals surface area contributed by atoms with Gasteiger partial charge in [-0.3, -0.25) is 4.99 Å². The van der Waals surface area contributed by atoms with Crippen LogP contribution in [0.4, 0.5) is 4.39 Å². The summed E-state index contributed by atoms with van der Waals surface area (Å²) in [6, 6.07) is 6.81. The minimum atomic E-state index is -0.211. The Hall–Kier alpha value is -1.88. The van der Waals surface area contributed by atoms with Crippen molar-refractivity contribution in [3.8, 4) is 0 Å². The number of allylic oxidation sites excluding steroid dienone is 1. The number of nitrogens with zero attached hydrogens (tertiary/aromatic N) is 3. The van der Waals surface area contributed by atoms with Gasteiger partial charge >= 0.3 is 0 Å². The van der Waals surface area contributed by atoms with Crippen molar-refractivity contribution in [1.82, 2.24) is 15.1 Å². The molecule has 1 aromatic carbocycles. The average Bonchev–Trinajstić information content (AvgIpc) is 2.52. The van der Waals surface area contributed by atoms with E-state index in [-0.39, 0.29) is 11.9 Å². The molecule has 4 nitrogen and oxygen atoms in total. The maximum absolute atomic E-state index is 13.1. The highest BCUT2D eigenvalue weighted by Crippen LogP contribution is 2.17. The Morgan fingerprint density at radius 3 is 2.48 bits per heavy atom. The quantitative estimate of drug-likeness (QED) is 0.346. The van der Waals surface area contributed by atoms with E-state index in [2.05, 4.69) is 26.7 Å². The lowest BCUT2D eigenvalue weighted by Gasteiger charge is -2.28. The predicted molar refractivity (Wildman–Crippen MR) is 96.3 cm³/mol. The summed E-state index contributed by atoms with van der Waals surface area (Å²) in [6.07, 6.45) is 3.98. The second kappa shape index (κ2) is 10.0. The lowest BCUT2D eigenvalue weighted by atomic mass is 10.1. The zero-order valence-electron chi connectivity index (χ0n) is 14.7. The summed E-state index contributed by atoms with van der Waals surface area (Å²) in [5.74, 6) is 0.653. The highest BCUT2D eigenvalue weighted by molar-refractivity contribution is 5.79. The molecule has 0 aliphatic carbocycles. The van der Waals surface area contributed by atoms with E-state index in [1.807, 2.05) is 39.4 Å². The number of aliphatic imine (C=N–C) groups is 1. The molecule has 0 heterocycles. The molecule has 1 unspecified atom stereocenters. The Balaban J connectivity index is 2.66. The van der Waals surface area contributed by atoms with Gasteiger partial charge in [0.15, 0.2) is 5.96 Å². The van der Waals surface area contributed by atoms with E-state index >= 15 is 0 Å². The zero-order chi connectivity index (χ0) is 17.2. The predicted octanol–water partition coefficient (Wildman–Crippen LogP) is 2.90. The molecule has 0 aliphatic heterocycles. The molecule has 128 valence electrons. The van der Waals surface area contributed by atoms with Crippen LogP contribution in [0, 0.1) is 5.82 Å². The molecule has 0 aliphatic rings. The summed E-state index contributed by atoms with van der Waals surface area (Å²) in [5, 5.41) is 3.41. The standard InChI is InChI=1S/C18H29FN4/c1-6-7-8-13-23(5)18(20-2)21-14-17(22(3)4)15-9-11-16(19)12-10-15/h6,9-12,17H,1,7-8,13-14H2,2-5H3,(H,20,21). The highest BCUT2D eigenvalue weighted by Gasteiger charge is 2.15. The summed E-state index contributed by atoms with van der Waals surface area (Å²) in [4.78, 5) is 8.56. The summed E-state index contributed by atoms with van der Waals surface area (Å²) in [5.41, 5.74) is 1.08. The minimum Gasteiger partial charge on any atom is -0.354 e. The van der Waals surface area contributed by atoms with Gasteiger partial charge in [0.1, 0.15) is 5.82 Å². The first-order valence-electron chi connectivity index (χ1n) is 7.94. The second-order valence-corrected chi connectivity index (χ2v) is 5.81. The van der Waals surface area contributed by atoms with Gasteiger partial charge < -0.3 is 15.1 Å². The third-order valence-corrected chi connectivity index (χ3v) is 3.81. The normalized spacial score (nSPS) is 13.0. The molecule has 1 atom stereocenters. The maximum Gasteiger partial charge on any atom is 0.193 e. The number of unbranched alkanes of at least 4 members (excludes halogenated alkanes) is 1. The minimum absolute atomic E-state index is 0.147. The number of hydrogen-bond acceptors (Lipinski definition) is 2. The molecule has 0 saturated heterocycles. The van der Waals surface area contributed by atoms with Crippen LogP contribution in [0.15, 0.2) is 41.9 Å². The lowest BCUT2D eigenvalue weighted by Crippen LogP contribution is -2.43. The smallest absolute Gasteiger partial charge is 0.193 e. The molecular formula is C18H29FN4. The molecule has 0 aromatic heterocycles. The van der Waals surface area contributed by atoms with Gasteiger partial charge in [-0.25, -0.2) is 4.39 Å². The molecule has 1 aromatic rings. The molecule has 0 saturated carbocycles. The van der Waals surface area contributed by atoms with Crippen molar-refractivity contribution < 1.29 is 4.39 Å². The third kappa shape index (κ3) is 6.40. The van der Waals surface area contributed by atoms with Crippen LogP contribution in [0.25, 0.3) is 0 Å². The summed E-state index contributed by atoms with van der Waals surface area (Å²) < 4.78 is 13.1. The van der Waals surface area contributed by atoms with E-state index in [1.165, 1.54) is 12.1 Å². The van der Waals surface area contributed by atoms with E-state index in [4.69, 9.17) is 0 Å². The third-order valence-electron chi connectivity index (χ3n) is 3.81. The first-order valence-corrected chi connectivity index (χ1v) is 7.94. The monoisotopic (exact) mass is 320 g/mol. The van der Waals surface area contributed by atoms with Crippen LogP contribution in [-0.2, 0) is 0 Å². The van der Waals surface area contributed by atoms with Gasteiger partial charge in [0.05, 0.1) is 6.04 Å². The lowest BCUT2D eigenvalue weighted by molar-refractivity contribution is 0.295. The van der Waals surface area contributed by atoms with Crippen molar-refractivity contribution in [2.75, 3.05) is 41.3 Å². The molecule has 0 spiro atoms. The van der Waals surface area contributed by atoms with Crippen molar-refractivity contribution in [3.05, 3.63) is 48.3 Å². The number of guanidine groups is 1. The van der Waals surface area contributed by atoms with E-state index in [0.717, 1.165) is 30.9 Å². The number of benzene rings is 1. The van der Waals surface area contributed by atoms with Crippen LogP contribution in [0.5, 0.6) is 0 Å². The molecule has 5 heteroatoms. The highest BCUT2D eigenvalue weighted by atomic mass is 19.1. The number of hydrogen-bond donors (Lipinski definition) is 1. The van der Waals surface area contributed by atoms with E-state index in [1.54, 1.807) is 7.05 Å². The van der Waals surface area contributed by atoms with Crippen LogP contribution < -0.4 is 5.32 Å². The Labute approximate surface area is 139 Å². The molecule has 1 rings (SSSR count). The number of nitrogens with one attached hydrogen (secondary N) is 1. The van der Waals surface area contributed by atoms with Crippen LogP contribution in [0.2, 0.25) is 0 Å². The van der Waals surface area contributed by atoms with Crippen LogP contribution in [0.3, 0.4) is 0 Å². The first-order chi connectivity index (χ1) is 11.0. The average molecular weight is 320 g/mol. The van der Waals surface area contributed by atoms with Crippen molar-refractivity contribution in [2.45, 2.75) is 18.9 Å². The fraction of sp³-hybridized carbons (Fsp3) is 0.500. The largest absolute Gasteiger partial charge is 0.354 e. The molecule has 1 N–H and O–H groups in total. The van der Waals surface area contributed by atoms with Gasteiger partial charge in [-0.2, -0.15) is 0 Å². The molecule has 0 amide bonds. The molecule has 0 radical (unpaired) electrons. The summed E-state index contributed by atoms with van der Waals surface area (Å²) in [7, 11) is 7.86. The van der Waals surface area contributed by atoms with Crippen molar-refractivity contribution >= 4 is 5.96 Å². The molecular weight excluding hydrogens is 291 g/mol. The fourth-order valence-electron chi connectivity index (χ4n) is 2.43. The van der Waals surface area contributed by atoms with E-state index in [9.17, 15) is 4.39 Å². The Morgan fingerprint density at radius 1 is 1.30 bits per heavy atom. The molecule has 0 fully saturated rings. The number of rotatable bonds is 8. The Morgan fingerprint density at radius 2 is 1.96 bits per heavy atom. The van der Waals surface area contributed by atoms with Gasteiger partial charge in [0.2, 0.25) is 0 Å². The summed E-state index contributed by atoms with van der Waals surface area (Å²) >= 11 is 0. The zero-order valence-corrected chi connectivity index (χ0v) is 14.7. The van der Waals surface area contributed by atoms with Crippen LogP contribution in [0.1, 0.15) is 24.4 Å². The second-order valence-electron chi connectivity index (χ2n) is 5.81.